The molecule has 6 rings (SSSR count). The number of hydrogen-bond acceptors (Lipinski definition) is 5. The maximum absolute atomic E-state index is 15.1. The van der Waals surface area contributed by atoms with Crippen LogP contribution in [-0.4, -0.2) is 32.2 Å². The van der Waals surface area contributed by atoms with E-state index in [2.05, 4.69) is 10.1 Å². The monoisotopic (exact) mass is 503 g/mol. The smallest absolute Gasteiger partial charge is 0.387 e. The van der Waals surface area contributed by atoms with Crippen molar-refractivity contribution in [2.75, 3.05) is 19.0 Å². The van der Waals surface area contributed by atoms with Crippen LogP contribution in [0.4, 0.5) is 18.9 Å². The quantitative estimate of drug-likeness (QED) is 0.485. The number of esters is 1. The predicted molar refractivity (Wildman–Crippen MR) is 124 cm³/mol. The second-order valence-electron chi connectivity index (χ2n) is 10.4. The van der Waals surface area contributed by atoms with E-state index in [0.29, 0.717) is 48.1 Å². The minimum Gasteiger partial charge on any atom is -0.497 e. The fraction of sp³-hybridized carbons (Fsp3) is 0.481. The first-order chi connectivity index (χ1) is 17.2. The van der Waals surface area contributed by atoms with Gasteiger partial charge in [-0.25, -0.2) is 4.39 Å². The Kier molecular flexibility index (Phi) is 6.34. The van der Waals surface area contributed by atoms with Crippen molar-refractivity contribution in [2.45, 2.75) is 50.6 Å². The number of methoxy groups -OCH3 is 1. The molecule has 0 radical (unpaired) electrons. The van der Waals surface area contributed by atoms with Crippen molar-refractivity contribution >= 4 is 17.6 Å². The van der Waals surface area contributed by atoms with Crippen LogP contribution in [0.3, 0.4) is 0 Å². The minimum atomic E-state index is -2.94. The molecule has 4 saturated carbocycles. The summed E-state index contributed by atoms with van der Waals surface area (Å²) in [5.41, 5.74) is -0.164. The van der Waals surface area contributed by atoms with Crippen molar-refractivity contribution in [3.63, 3.8) is 0 Å². The Labute approximate surface area is 207 Å². The molecule has 4 bridgehead atoms. The van der Waals surface area contributed by atoms with Crippen molar-refractivity contribution < 1.29 is 37.0 Å². The van der Waals surface area contributed by atoms with Crippen LogP contribution < -0.4 is 14.8 Å². The van der Waals surface area contributed by atoms with E-state index in [-0.39, 0.29) is 11.6 Å². The molecule has 0 aromatic heterocycles. The second-order valence-corrected chi connectivity index (χ2v) is 10.4. The number of hydrogen-bond donors (Lipinski definition) is 1. The molecule has 4 fully saturated rings. The second kappa shape index (κ2) is 9.33. The number of carbonyl (C=O) groups is 2. The van der Waals surface area contributed by atoms with Gasteiger partial charge in [-0.1, -0.05) is 6.07 Å². The lowest BCUT2D eigenvalue weighted by Crippen LogP contribution is -2.57. The van der Waals surface area contributed by atoms with Crippen LogP contribution in [-0.2, 0) is 19.7 Å². The Balaban J connectivity index is 1.25. The van der Waals surface area contributed by atoms with Crippen LogP contribution >= 0.6 is 0 Å². The van der Waals surface area contributed by atoms with Gasteiger partial charge in [-0.05, 0) is 91.7 Å². The van der Waals surface area contributed by atoms with Gasteiger partial charge in [0.2, 0.25) is 0 Å². The Morgan fingerprint density at radius 2 is 1.69 bits per heavy atom. The van der Waals surface area contributed by atoms with Crippen LogP contribution in [0, 0.1) is 23.1 Å². The normalized spacial score (nSPS) is 28.1. The molecule has 4 aliphatic carbocycles. The topological polar surface area (TPSA) is 73.9 Å². The molecule has 192 valence electrons. The molecule has 2 unspecified atom stereocenters. The average molecular weight is 504 g/mol. The highest BCUT2D eigenvalue weighted by atomic mass is 19.3. The van der Waals surface area contributed by atoms with E-state index >= 15 is 4.39 Å². The van der Waals surface area contributed by atoms with E-state index < -0.39 is 35.9 Å². The Morgan fingerprint density at radius 3 is 2.31 bits per heavy atom. The molecule has 1 amide bonds. The van der Waals surface area contributed by atoms with Gasteiger partial charge in [0.1, 0.15) is 17.3 Å². The molecular formula is C27H28F3NO5. The zero-order valence-electron chi connectivity index (χ0n) is 19.9. The van der Waals surface area contributed by atoms with E-state index in [4.69, 9.17) is 9.47 Å². The molecule has 0 aliphatic heterocycles. The number of anilines is 1. The summed E-state index contributed by atoms with van der Waals surface area (Å²) in [5, 5.41) is 2.58. The van der Waals surface area contributed by atoms with Crippen LogP contribution in [0.2, 0.25) is 0 Å². The fourth-order valence-electron chi connectivity index (χ4n) is 7.07. The zero-order valence-corrected chi connectivity index (χ0v) is 19.9. The summed E-state index contributed by atoms with van der Waals surface area (Å²) in [4.78, 5) is 25.8. The largest absolute Gasteiger partial charge is 0.497 e. The Hall–Kier alpha value is -3.23. The molecule has 2 aromatic carbocycles. The minimum absolute atomic E-state index is 0.0292. The number of amides is 1. The summed E-state index contributed by atoms with van der Waals surface area (Å²) in [6, 6.07) is 10.4. The van der Waals surface area contributed by atoms with Crippen LogP contribution in [0.15, 0.2) is 42.5 Å². The van der Waals surface area contributed by atoms with E-state index in [1.54, 1.807) is 12.1 Å². The van der Waals surface area contributed by atoms with Crippen molar-refractivity contribution in [1.29, 1.82) is 0 Å². The molecule has 36 heavy (non-hydrogen) atoms. The molecular weight excluding hydrogens is 475 g/mol. The lowest BCUT2D eigenvalue weighted by molar-refractivity contribution is -0.175. The zero-order chi connectivity index (χ0) is 25.5. The third kappa shape index (κ3) is 4.63. The van der Waals surface area contributed by atoms with E-state index in [0.717, 1.165) is 19.3 Å². The highest BCUT2D eigenvalue weighted by Gasteiger charge is 2.62. The van der Waals surface area contributed by atoms with Crippen molar-refractivity contribution in [3.05, 3.63) is 53.8 Å². The van der Waals surface area contributed by atoms with Gasteiger partial charge in [-0.15, -0.1) is 0 Å². The van der Waals surface area contributed by atoms with Crippen molar-refractivity contribution in [1.82, 2.24) is 0 Å². The number of carbonyl (C=O) groups excluding carboxylic acids is 2. The maximum atomic E-state index is 15.1. The summed E-state index contributed by atoms with van der Waals surface area (Å²) >= 11 is 0. The molecule has 4 aliphatic rings. The fourth-order valence-corrected chi connectivity index (χ4v) is 7.07. The first kappa shape index (κ1) is 24.5. The van der Waals surface area contributed by atoms with Gasteiger partial charge >= 0.3 is 12.6 Å². The summed E-state index contributed by atoms with van der Waals surface area (Å²) in [7, 11) is 1.50. The maximum Gasteiger partial charge on any atom is 0.387 e. The van der Waals surface area contributed by atoms with Crippen LogP contribution in [0.5, 0.6) is 11.5 Å². The molecule has 2 aromatic rings. The van der Waals surface area contributed by atoms with Gasteiger partial charge < -0.3 is 19.5 Å². The summed E-state index contributed by atoms with van der Waals surface area (Å²) in [6.07, 6.45) is 4.59. The molecule has 9 heteroatoms. The van der Waals surface area contributed by atoms with Gasteiger partial charge in [0.15, 0.2) is 6.61 Å². The van der Waals surface area contributed by atoms with E-state index in [1.807, 2.05) is 0 Å². The predicted octanol–water partition coefficient (Wildman–Crippen LogP) is 5.46. The number of benzene rings is 2. The first-order valence-electron chi connectivity index (χ1n) is 12.1. The highest BCUT2D eigenvalue weighted by Crippen LogP contribution is 2.66. The number of nitrogens with one attached hydrogen (secondary N) is 1. The lowest BCUT2D eigenvalue weighted by atomic mass is 9.43. The molecule has 0 heterocycles. The van der Waals surface area contributed by atoms with Gasteiger partial charge in [-0.3, -0.25) is 9.59 Å². The average Bonchev–Trinajstić information content (AvgIpc) is 2.82. The number of halogens is 3. The molecule has 4 atom stereocenters. The number of alkyl halides is 2. The van der Waals surface area contributed by atoms with Crippen LogP contribution in [0.25, 0.3) is 0 Å². The number of ether oxygens (including phenoxy) is 3. The summed E-state index contributed by atoms with van der Waals surface area (Å²) < 4.78 is 54.6. The third-order valence-corrected chi connectivity index (χ3v) is 7.94. The van der Waals surface area contributed by atoms with Gasteiger partial charge in [0, 0.05) is 11.8 Å². The van der Waals surface area contributed by atoms with Crippen LogP contribution in [0.1, 0.15) is 44.1 Å². The molecule has 1 N–H and O–H groups in total. The van der Waals surface area contributed by atoms with Gasteiger partial charge in [-0.2, -0.15) is 8.78 Å². The highest BCUT2D eigenvalue weighted by molar-refractivity contribution is 5.93. The number of rotatable bonds is 8. The lowest BCUT2D eigenvalue weighted by Gasteiger charge is -2.61. The summed E-state index contributed by atoms with van der Waals surface area (Å²) in [5.74, 6) is -0.219. The summed E-state index contributed by atoms with van der Waals surface area (Å²) in [6.45, 7) is -3.40. The third-order valence-electron chi connectivity index (χ3n) is 7.94. The Bertz CT molecular complexity index is 1140. The van der Waals surface area contributed by atoms with Gasteiger partial charge in [0.05, 0.1) is 12.5 Å². The van der Waals surface area contributed by atoms with E-state index in [9.17, 15) is 18.4 Å². The molecule has 6 nitrogen and oxygen atoms in total. The van der Waals surface area contributed by atoms with E-state index in [1.165, 1.54) is 37.4 Å². The van der Waals surface area contributed by atoms with Gasteiger partial charge in [0.25, 0.3) is 5.91 Å². The van der Waals surface area contributed by atoms with Crippen molar-refractivity contribution in [2.24, 2.45) is 17.3 Å². The Morgan fingerprint density at radius 1 is 1.03 bits per heavy atom. The standard InChI is InChI=1S/C27H28F3NO5/c1-34-20-6-7-21(22(28)9-20)26-10-16-8-17(11-26)13-27(12-16,15-26)24(33)35-14-23(32)31-18-2-4-19(5-3-18)36-25(29)30/h2-7,9,16-17,25H,8,10-15H2,1H3,(H,31,32)/t16-,17+,26?,27?. The molecule has 0 spiro atoms. The first-order valence-corrected chi connectivity index (χ1v) is 12.1. The van der Waals surface area contributed by atoms with Crippen molar-refractivity contribution in [3.8, 4) is 11.5 Å². The SMILES string of the molecule is COc1ccc(C23C[C@@H]4C[C@@H](CC(C(=O)OCC(=O)Nc5ccc(OC(F)F)cc5)(C4)C2)C3)c(F)c1. The molecule has 0 saturated heterocycles.